The van der Waals surface area contributed by atoms with Crippen LogP contribution in [0.15, 0.2) is 48.5 Å². The van der Waals surface area contributed by atoms with E-state index in [1.807, 2.05) is 24.3 Å². The van der Waals surface area contributed by atoms with Crippen LogP contribution in [0.4, 0.5) is 5.69 Å². The van der Waals surface area contributed by atoms with Crippen LogP contribution in [0.2, 0.25) is 5.02 Å². The summed E-state index contributed by atoms with van der Waals surface area (Å²) >= 11 is 5.82. The molecule has 1 aliphatic heterocycles. The topological polar surface area (TPSA) is 61.8 Å². The number of benzene rings is 2. The van der Waals surface area contributed by atoms with E-state index < -0.39 is 0 Å². The first-order chi connectivity index (χ1) is 11.6. The van der Waals surface area contributed by atoms with E-state index in [1.165, 1.54) is 0 Å². The molecule has 5 nitrogen and oxygen atoms in total. The lowest BCUT2D eigenvalue weighted by Gasteiger charge is -2.17. The minimum absolute atomic E-state index is 0.269. The van der Waals surface area contributed by atoms with Gasteiger partial charge < -0.3 is 10.0 Å². The molecule has 0 bridgehead atoms. The molecule has 1 atom stereocenters. The second-order valence-corrected chi connectivity index (χ2v) is 6.22. The van der Waals surface area contributed by atoms with Crippen molar-refractivity contribution in [2.45, 2.75) is 19.1 Å². The number of aliphatic hydroxyl groups is 1. The Morgan fingerprint density at radius 1 is 1.21 bits per heavy atom. The second kappa shape index (κ2) is 7.66. The Hall–Kier alpha value is -2.08. The lowest BCUT2D eigenvalue weighted by Crippen LogP contribution is -2.24. The van der Waals surface area contributed by atoms with Crippen LogP contribution in [0, 0.1) is 0 Å². The van der Waals surface area contributed by atoms with Gasteiger partial charge in [-0.05, 0) is 48.4 Å². The highest BCUT2D eigenvalue weighted by Gasteiger charge is 2.20. The molecule has 1 unspecified atom stereocenters. The summed E-state index contributed by atoms with van der Waals surface area (Å²) in [4.78, 5) is 19.4. The quantitative estimate of drug-likeness (QED) is 0.817. The van der Waals surface area contributed by atoms with Crippen molar-refractivity contribution in [1.82, 2.24) is 5.48 Å². The molecule has 1 saturated heterocycles. The summed E-state index contributed by atoms with van der Waals surface area (Å²) in [6, 6.07) is 14.5. The van der Waals surface area contributed by atoms with Gasteiger partial charge in [0.05, 0.1) is 12.7 Å². The summed E-state index contributed by atoms with van der Waals surface area (Å²) in [6.45, 7) is 1.74. The van der Waals surface area contributed by atoms with Crippen molar-refractivity contribution in [3.8, 4) is 0 Å². The zero-order valence-corrected chi connectivity index (χ0v) is 13.9. The van der Waals surface area contributed by atoms with Crippen LogP contribution in [-0.2, 0) is 11.4 Å². The number of β-amino-alcohol motifs (C(OH)–C–C–N with tert-alkyl or cyclic N) is 1. The van der Waals surface area contributed by atoms with Gasteiger partial charge >= 0.3 is 0 Å². The van der Waals surface area contributed by atoms with Crippen LogP contribution in [-0.4, -0.2) is 30.2 Å². The number of hydrogen-bond acceptors (Lipinski definition) is 4. The van der Waals surface area contributed by atoms with Crippen LogP contribution in [0.5, 0.6) is 0 Å². The molecular weight excluding hydrogens is 328 g/mol. The predicted octanol–water partition coefficient (Wildman–Crippen LogP) is 2.77. The highest BCUT2D eigenvalue weighted by atomic mass is 35.5. The van der Waals surface area contributed by atoms with Gasteiger partial charge in [-0.2, -0.15) is 0 Å². The number of nitrogens with one attached hydrogen (secondary N) is 1. The molecule has 1 amide bonds. The van der Waals surface area contributed by atoms with E-state index in [0.717, 1.165) is 24.2 Å². The Bertz CT molecular complexity index is 688. The Morgan fingerprint density at radius 3 is 2.54 bits per heavy atom. The molecule has 0 spiro atoms. The normalized spacial score (nSPS) is 17.1. The Balaban J connectivity index is 1.50. The van der Waals surface area contributed by atoms with Crippen molar-refractivity contribution in [2.75, 3.05) is 18.0 Å². The van der Waals surface area contributed by atoms with E-state index in [9.17, 15) is 9.90 Å². The van der Waals surface area contributed by atoms with Crippen molar-refractivity contribution in [2.24, 2.45) is 0 Å². The van der Waals surface area contributed by atoms with Crippen molar-refractivity contribution < 1.29 is 14.7 Å². The molecule has 0 saturated carbocycles. The van der Waals surface area contributed by atoms with Gasteiger partial charge in [0.25, 0.3) is 5.91 Å². The number of carbonyl (C=O) groups is 1. The summed E-state index contributed by atoms with van der Waals surface area (Å²) < 4.78 is 0. The van der Waals surface area contributed by atoms with E-state index in [2.05, 4.69) is 10.4 Å². The molecule has 3 rings (SSSR count). The fourth-order valence-electron chi connectivity index (χ4n) is 2.62. The summed E-state index contributed by atoms with van der Waals surface area (Å²) in [5.74, 6) is -0.294. The number of rotatable bonds is 5. The molecule has 1 aliphatic rings. The zero-order chi connectivity index (χ0) is 16.9. The van der Waals surface area contributed by atoms with Gasteiger partial charge in [0.1, 0.15) is 0 Å². The minimum atomic E-state index is -0.294. The molecule has 24 heavy (non-hydrogen) atoms. The fourth-order valence-corrected chi connectivity index (χ4v) is 2.75. The largest absolute Gasteiger partial charge is 0.391 e. The van der Waals surface area contributed by atoms with Gasteiger partial charge in [-0.3, -0.25) is 9.63 Å². The molecule has 1 heterocycles. The monoisotopic (exact) mass is 346 g/mol. The predicted molar refractivity (Wildman–Crippen MR) is 93.0 cm³/mol. The number of aliphatic hydroxyl groups excluding tert-OH is 1. The molecular formula is C18H19ClN2O3. The first-order valence-electron chi connectivity index (χ1n) is 7.81. The van der Waals surface area contributed by atoms with Crippen molar-refractivity contribution in [3.63, 3.8) is 0 Å². The van der Waals surface area contributed by atoms with E-state index in [1.54, 1.807) is 24.3 Å². The Kier molecular flexibility index (Phi) is 5.35. The van der Waals surface area contributed by atoms with Crippen molar-refractivity contribution in [3.05, 3.63) is 64.7 Å². The zero-order valence-electron chi connectivity index (χ0n) is 13.1. The molecule has 0 aliphatic carbocycles. The van der Waals surface area contributed by atoms with Gasteiger partial charge in [0.2, 0.25) is 0 Å². The molecule has 0 radical (unpaired) electrons. The third-order valence-corrected chi connectivity index (χ3v) is 4.23. The van der Waals surface area contributed by atoms with Gasteiger partial charge in [-0.15, -0.1) is 0 Å². The number of hydrogen-bond donors (Lipinski definition) is 2. The Morgan fingerprint density at radius 2 is 1.92 bits per heavy atom. The molecule has 6 heteroatoms. The van der Waals surface area contributed by atoms with Gasteiger partial charge in [-0.25, -0.2) is 5.48 Å². The molecule has 0 aromatic heterocycles. The highest BCUT2D eigenvalue weighted by molar-refractivity contribution is 6.30. The fraction of sp³-hybridized carbons (Fsp3) is 0.278. The number of amides is 1. The number of anilines is 1. The highest BCUT2D eigenvalue weighted by Crippen LogP contribution is 2.20. The standard InChI is InChI=1S/C18H19ClN2O3/c19-15-5-1-13(2-6-15)12-24-20-18(23)14-3-7-16(8-4-14)21-10-9-17(22)11-21/h1-8,17,22H,9-12H2,(H,20,23). The lowest BCUT2D eigenvalue weighted by molar-refractivity contribution is 0.0233. The first kappa shape index (κ1) is 16.8. The third kappa shape index (κ3) is 4.26. The van der Waals surface area contributed by atoms with Crippen molar-refractivity contribution >= 4 is 23.2 Å². The summed E-state index contributed by atoms with van der Waals surface area (Å²) in [6.07, 6.45) is 0.509. The number of hydroxylamine groups is 1. The van der Waals surface area contributed by atoms with Gasteiger partial charge in [-0.1, -0.05) is 23.7 Å². The van der Waals surface area contributed by atoms with Gasteiger partial charge in [0.15, 0.2) is 0 Å². The molecule has 126 valence electrons. The first-order valence-corrected chi connectivity index (χ1v) is 8.19. The molecule has 2 aromatic carbocycles. The minimum Gasteiger partial charge on any atom is -0.391 e. The van der Waals surface area contributed by atoms with Gasteiger partial charge in [0, 0.05) is 29.4 Å². The maximum Gasteiger partial charge on any atom is 0.274 e. The van der Waals surface area contributed by atoms with Crippen LogP contribution < -0.4 is 10.4 Å². The average Bonchev–Trinajstić information content (AvgIpc) is 3.03. The average molecular weight is 347 g/mol. The molecule has 2 N–H and O–H groups in total. The number of halogens is 1. The summed E-state index contributed by atoms with van der Waals surface area (Å²) in [5, 5.41) is 10.2. The van der Waals surface area contributed by atoms with E-state index in [4.69, 9.17) is 16.4 Å². The molecule has 2 aromatic rings. The maximum absolute atomic E-state index is 12.1. The lowest BCUT2D eigenvalue weighted by atomic mass is 10.2. The number of carbonyl (C=O) groups excluding carboxylic acids is 1. The Labute approximate surface area is 145 Å². The van der Waals surface area contributed by atoms with Crippen molar-refractivity contribution in [1.29, 1.82) is 0 Å². The van der Waals surface area contributed by atoms with Crippen LogP contribution in [0.3, 0.4) is 0 Å². The summed E-state index contributed by atoms with van der Waals surface area (Å²) in [5.41, 5.74) is 4.88. The third-order valence-electron chi connectivity index (χ3n) is 3.97. The molecule has 1 fully saturated rings. The maximum atomic E-state index is 12.1. The van der Waals surface area contributed by atoms with E-state index in [-0.39, 0.29) is 18.6 Å². The van der Waals surface area contributed by atoms with E-state index in [0.29, 0.717) is 17.1 Å². The van der Waals surface area contributed by atoms with E-state index >= 15 is 0 Å². The second-order valence-electron chi connectivity index (χ2n) is 5.78. The number of nitrogens with zero attached hydrogens (tertiary/aromatic N) is 1. The van der Waals surface area contributed by atoms with Crippen LogP contribution in [0.25, 0.3) is 0 Å². The SMILES string of the molecule is O=C(NOCc1ccc(Cl)cc1)c1ccc(N2CCC(O)C2)cc1. The van der Waals surface area contributed by atoms with Crippen LogP contribution in [0.1, 0.15) is 22.3 Å². The summed E-state index contributed by atoms with van der Waals surface area (Å²) in [7, 11) is 0. The van der Waals surface area contributed by atoms with Crippen LogP contribution >= 0.6 is 11.6 Å². The smallest absolute Gasteiger partial charge is 0.274 e.